The maximum Gasteiger partial charge on any atom is 0.426 e. The second kappa shape index (κ2) is 2.57. The fraction of sp³-hybridized carbons (Fsp3) is 0.222. The summed E-state index contributed by atoms with van der Waals surface area (Å²) in [5, 5.41) is 9.41. The molecule has 2 rings (SSSR count). The van der Waals surface area contributed by atoms with Crippen molar-refractivity contribution in [3.05, 3.63) is 29.8 Å². The minimum absolute atomic E-state index is 0.160. The minimum Gasteiger partial charge on any atom is -0.371 e. The second-order valence-corrected chi connectivity index (χ2v) is 3.04. The predicted octanol–water partition coefficient (Wildman–Crippen LogP) is 2.15. The van der Waals surface area contributed by atoms with Crippen molar-refractivity contribution in [1.82, 2.24) is 0 Å². The van der Waals surface area contributed by atoms with Gasteiger partial charge in [0.05, 0.1) is 11.9 Å². The molecule has 1 aromatic carbocycles. The molecular formula is C9H6F3NO. The zero-order chi connectivity index (χ0) is 10.4. The van der Waals surface area contributed by atoms with E-state index in [1.807, 2.05) is 0 Å². The largest absolute Gasteiger partial charge is 0.426 e. The number of nitrogens with zero attached hydrogens (tertiary/aromatic N) is 1. The van der Waals surface area contributed by atoms with Crippen molar-refractivity contribution in [2.24, 2.45) is 4.99 Å². The van der Waals surface area contributed by atoms with Gasteiger partial charge in [-0.3, -0.25) is 4.99 Å². The standard InChI is InChI=1S/C9H6F3NO/c10-9(11,12)8(14)5-13-7-4-2-1-3-6(7)8/h1-5,14H. The number of alkyl halides is 3. The van der Waals surface area contributed by atoms with Crippen molar-refractivity contribution in [3.8, 4) is 0 Å². The molecule has 0 aromatic heterocycles. The smallest absolute Gasteiger partial charge is 0.371 e. The molecule has 0 fully saturated rings. The molecular weight excluding hydrogens is 195 g/mol. The van der Waals surface area contributed by atoms with Gasteiger partial charge in [-0.25, -0.2) is 0 Å². The van der Waals surface area contributed by atoms with Crippen LogP contribution < -0.4 is 0 Å². The van der Waals surface area contributed by atoms with E-state index in [0.29, 0.717) is 6.21 Å². The molecule has 1 unspecified atom stereocenters. The first-order valence-electron chi connectivity index (χ1n) is 3.89. The molecule has 74 valence electrons. The summed E-state index contributed by atoms with van der Waals surface area (Å²) in [5.74, 6) is 0. The van der Waals surface area contributed by atoms with Gasteiger partial charge in [0.25, 0.3) is 0 Å². The van der Waals surface area contributed by atoms with E-state index in [1.165, 1.54) is 18.2 Å². The molecule has 0 saturated carbocycles. The average molecular weight is 201 g/mol. The van der Waals surface area contributed by atoms with Gasteiger partial charge in [-0.1, -0.05) is 18.2 Å². The number of halogens is 3. The van der Waals surface area contributed by atoms with Crippen molar-refractivity contribution in [3.63, 3.8) is 0 Å². The van der Waals surface area contributed by atoms with Crippen LogP contribution in [0.25, 0.3) is 0 Å². The fourth-order valence-corrected chi connectivity index (χ4v) is 1.37. The summed E-state index contributed by atoms with van der Waals surface area (Å²) in [5.41, 5.74) is -2.98. The van der Waals surface area contributed by atoms with Crippen LogP contribution in [0.2, 0.25) is 0 Å². The van der Waals surface area contributed by atoms with E-state index in [9.17, 15) is 18.3 Å². The first-order valence-corrected chi connectivity index (χ1v) is 3.89. The van der Waals surface area contributed by atoms with Gasteiger partial charge in [-0.15, -0.1) is 0 Å². The Morgan fingerprint density at radius 2 is 1.86 bits per heavy atom. The number of fused-ring (bicyclic) bond motifs is 1. The molecule has 0 amide bonds. The lowest BCUT2D eigenvalue weighted by Crippen LogP contribution is -2.42. The highest BCUT2D eigenvalue weighted by atomic mass is 19.4. The van der Waals surface area contributed by atoms with Gasteiger partial charge < -0.3 is 5.11 Å². The highest BCUT2D eigenvalue weighted by Gasteiger charge is 2.56. The highest BCUT2D eigenvalue weighted by molar-refractivity contribution is 5.84. The molecule has 0 saturated heterocycles. The van der Waals surface area contributed by atoms with E-state index in [1.54, 1.807) is 6.07 Å². The highest BCUT2D eigenvalue weighted by Crippen LogP contribution is 2.45. The topological polar surface area (TPSA) is 32.6 Å². The maximum absolute atomic E-state index is 12.5. The van der Waals surface area contributed by atoms with Crippen molar-refractivity contribution >= 4 is 11.9 Å². The second-order valence-electron chi connectivity index (χ2n) is 3.04. The van der Waals surface area contributed by atoms with Crippen LogP contribution in [-0.4, -0.2) is 17.5 Å². The number of hydrogen-bond acceptors (Lipinski definition) is 2. The van der Waals surface area contributed by atoms with Crippen LogP contribution in [0.3, 0.4) is 0 Å². The van der Waals surface area contributed by atoms with Gasteiger partial charge in [0, 0.05) is 5.56 Å². The number of para-hydroxylation sites is 1. The van der Waals surface area contributed by atoms with Crippen molar-refractivity contribution in [2.45, 2.75) is 11.8 Å². The zero-order valence-corrected chi connectivity index (χ0v) is 6.92. The van der Waals surface area contributed by atoms with Gasteiger partial charge >= 0.3 is 6.18 Å². The van der Waals surface area contributed by atoms with E-state index in [-0.39, 0.29) is 11.3 Å². The van der Waals surface area contributed by atoms with E-state index >= 15 is 0 Å². The lowest BCUT2D eigenvalue weighted by Gasteiger charge is -2.23. The molecule has 2 nitrogen and oxygen atoms in total. The van der Waals surface area contributed by atoms with E-state index in [4.69, 9.17) is 0 Å². The quantitative estimate of drug-likeness (QED) is 0.685. The number of benzene rings is 1. The summed E-state index contributed by atoms with van der Waals surface area (Å²) >= 11 is 0. The van der Waals surface area contributed by atoms with Crippen LogP contribution in [-0.2, 0) is 5.60 Å². The molecule has 1 aromatic rings. The van der Waals surface area contributed by atoms with Gasteiger partial charge in [-0.05, 0) is 6.07 Å². The third-order valence-electron chi connectivity index (χ3n) is 2.14. The predicted molar refractivity (Wildman–Crippen MR) is 44.5 cm³/mol. The van der Waals surface area contributed by atoms with E-state index in [0.717, 1.165) is 0 Å². The summed E-state index contributed by atoms with van der Waals surface area (Å²) < 4.78 is 37.4. The monoisotopic (exact) mass is 201 g/mol. The van der Waals surface area contributed by atoms with Crippen molar-refractivity contribution in [1.29, 1.82) is 0 Å². The van der Waals surface area contributed by atoms with Crippen molar-refractivity contribution in [2.75, 3.05) is 0 Å². The zero-order valence-electron chi connectivity index (χ0n) is 6.92. The molecule has 1 aliphatic heterocycles. The van der Waals surface area contributed by atoms with Gasteiger partial charge in [0.2, 0.25) is 5.60 Å². The normalized spacial score (nSPS) is 25.1. The Morgan fingerprint density at radius 1 is 1.21 bits per heavy atom. The van der Waals surface area contributed by atoms with Crippen LogP contribution in [0.4, 0.5) is 18.9 Å². The first-order chi connectivity index (χ1) is 6.45. The Hall–Kier alpha value is -1.36. The molecule has 0 aliphatic carbocycles. The number of hydrogen-bond donors (Lipinski definition) is 1. The van der Waals surface area contributed by atoms with Gasteiger partial charge in [0.15, 0.2) is 0 Å². The summed E-state index contributed by atoms with van der Waals surface area (Å²) in [7, 11) is 0. The Kier molecular flexibility index (Phi) is 1.69. The SMILES string of the molecule is OC1(C(F)(F)F)C=Nc2ccccc21. The van der Waals surface area contributed by atoms with Crippen LogP contribution in [0.15, 0.2) is 29.3 Å². The molecule has 0 spiro atoms. The molecule has 5 heteroatoms. The summed E-state index contributed by atoms with van der Waals surface area (Å²) in [4.78, 5) is 3.52. The summed E-state index contributed by atoms with van der Waals surface area (Å²) in [6, 6.07) is 5.65. The molecule has 14 heavy (non-hydrogen) atoms. The molecule has 0 bridgehead atoms. The molecule has 1 heterocycles. The third kappa shape index (κ3) is 1.05. The summed E-state index contributed by atoms with van der Waals surface area (Å²) in [6.45, 7) is 0. The third-order valence-corrected chi connectivity index (χ3v) is 2.14. The molecule has 1 N–H and O–H groups in total. The average Bonchev–Trinajstić information content (AvgIpc) is 2.45. The lowest BCUT2D eigenvalue weighted by molar-refractivity contribution is -0.232. The van der Waals surface area contributed by atoms with E-state index < -0.39 is 11.8 Å². The maximum atomic E-state index is 12.5. The van der Waals surface area contributed by atoms with Crippen LogP contribution in [0, 0.1) is 0 Å². The van der Waals surface area contributed by atoms with Gasteiger partial charge in [-0.2, -0.15) is 13.2 Å². The minimum atomic E-state index is -4.73. The molecule has 1 atom stereocenters. The Bertz CT molecular complexity index is 399. The summed E-state index contributed by atoms with van der Waals surface area (Å²) in [6.07, 6.45) is -4.21. The molecule has 1 aliphatic rings. The lowest BCUT2D eigenvalue weighted by atomic mass is 9.96. The van der Waals surface area contributed by atoms with E-state index in [2.05, 4.69) is 4.99 Å². The number of aliphatic imine (C=N–C) groups is 1. The Labute approximate surface area is 77.7 Å². The van der Waals surface area contributed by atoms with Gasteiger partial charge in [0.1, 0.15) is 0 Å². The number of rotatable bonds is 0. The Morgan fingerprint density at radius 3 is 2.50 bits per heavy atom. The van der Waals surface area contributed by atoms with Crippen LogP contribution in [0.5, 0.6) is 0 Å². The van der Waals surface area contributed by atoms with Crippen molar-refractivity contribution < 1.29 is 18.3 Å². The fourth-order valence-electron chi connectivity index (χ4n) is 1.37. The molecule has 0 radical (unpaired) electrons. The van der Waals surface area contributed by atoms with Crippen LogP contribution >= 0.6 is 0 Å². The Balaban J connectivity index is 2.59. The van der Waals surface area contributed by atoms with Crippen LogP contribution in [0.1, 0.15) is 5.56 Å². The number of aliphatic hydroxyl groups is 1. The first kappa shape index (κ1) is 9.21.